The predicted octanol–water partition coefficient (Wildman–Crippen LogP) is 0.257. The maximum absolute atomic E-state index is 12.0. The van der Waals surface area contributed by atoms with E-state index in [9.17, 15) is 8.42 Å². The summed E-state index contributed by atoms with van der Waals surface area (Å²) in [7, 11) is -0.0951. The van der Waals surface area contributed by atoms with E-state index in [1.807, 2.05) is 6.92 Å². The molecule has 1 N–H and O–H groups in total. The summed E-state index contributed by atoms with van der Waals surface area (Å²) >= 11 is 0. The Labute approximate surface area is 99.0 Å². The molecule has 1 aliphatic heterocycles. The summed E-state index contributed by atoms with van der Waals surface area (Å²) < 4.78 is 26.9. The van der Waals surface area contributed by atoms with E-state index in [4.69, 9.17) is 0 Å². The van der Waals surface area contributed by atoms with Crippen molar-refractivity contribution in [2.75, 3.05) is 33.7 Å². The Morgan fingerprint density at radius 1 is 1.38 bits per heavy atom. The van der Waals surface area contributed by atoms with Crippen molar-refractivity contribution in [1.82, 2.24) is 13.9 Å². The Morgan fingerprint density at radius 2 is 2.06 bits per heavy atom. The van der Waals surface area contributed by atoms with Crippen LogP contribution in [0.2, 0.25) is 0 Å². The molecule has 1 atom stereocenters. The van der Waals surface area contributed by atoms with Crippen molar-refractivity contribution in [3.8, 4) is 0 Å². The van der Waals surface area contributed by atoms with Crippen molar-refractivity contribution in [3.63, 3.8) is 0 Å². The lowest BCUT2D eigenvalue weighted by molar-refractivity contribution is 0.344. The van der Waals surface area contributed by atoms with Crippen LogP contribution in [0.1, 0.15) is 26.2 Å². The number of nitrogens with zero attached hydrogens (tertiary/aromatic N) is 2. The molecule has 0 aromatic carbocycles. The van der Waals surface area contributed by atoms with Crippen LogP contribution in [0.15, 0.2) is 0 Å². The van der Waals surface area contributed by atoms with Crippen molar-refractivity contribution in [3.05, 3.63) is 0 Å². The van der Waals surface area contributed by atoms with Crippen LogP contribution in [0.25, 0.3) is 0 Å². The van der Waals surface area contributed by atoms with E-state index in [2.05, 4.69) is 5.32 Å². The topological polar surface area (TPSA) is 52.7 Å². The Morgan fingerprint density at radius 3 is 2.50 bits per heavy atom. The van der Waals surface area contributed by atoms with Gasteiger partial charge in [0.2, 0.25) is 0 Å². The van der Waals surface area contributed by atoms with Gasteiger partial charge in [-0.1, -0.05) is 6.92 Å². The predicted molar refractivity (Wildman–Crippen MR) is 65.5 cm³/mol. The summed E-state index contributed by atoms with van der Waals surface area (Å²) in [6, 6.07) is 0.321. The maximum Gasteiger partial charge on any atom is 0.281 e. The van der Waals surface area contributed by atoms with Gasteiger partial charge in [-0.3, -0.25) is 0 Å². The zero-order valence-electron chi connectivity index (χ0n) is 10.4. The van der Waals surface area contributed by atoms with E-state index in [1.54, 1.807) is 18.4 Å². The van der Waals surface area contributed by atoms with Gasteiger partial charge in [0.15, 0.2) is 0 Å². The molecule has 0 aliphatic carbocycles. The molecule has 1 saturated heterocycles. The standard InChI is InChI=1S/C10H23N3O2S/c1-4-8-13(16(14,15)12(2)3)9-10-6-5-7-11-10/h10-11H,4-9H2,1-3H3. The van der Waals surface area contributed by atoms with E-state index in [1.165, 1.54) is 4.31 Å². The molecule has 5 nitrogen and oxygen atoms in total. The third-order valence-corrected chi connectivity index (χ3v) is 4.75. The summed E-state index contributed by atoms with van der Waals surface area (Å²) in [5, 5.41) is 3.33. The third-order valence-electron chi connectivity index (χ3n) is 2.85. The lowest BCUT2D eigenvalue weighted by Crippen LogP contribution is -2.46. The van der Waals surface area contributed by atoms with Crippen LogP contribution in [-0.2, 0) is 10.2 Å². The Balaban J connectivity index is 2.66. The van der Waals surface area contributed by atoms with Gasteiger partial charge in [0.25, 0.3) is 10.2 Å². The Hall–Kier alpha value is -0.170. The molecule has 0 aromatic rings. The first-order chi connectivity index (χ1) is 7.48. The molecule has 0 amide bonds. The highest BCUT2D eigenvalue weighted by atomic mass is 32.2. The van der Waals surface area contributed by atoms with Crippen molar-refractivity contribution in [2.45, 2.75) is 32.2 Å². The fourth-order valence-electron chi connectivity index (χ4n) is 1.94. The van der Waals surface area contributed by atoms with Crippen LogP contribution in [0.5, 0.6) is 0 Å². The first kappa shape index (κ1) is 13.9. The van der Waals surface area contributed by atoms with Crippen molar-refractivity contribution < 1.29 is 8.42 Å². The monoisotopic (exact) mass is 249 g/mol. The second-order valence-electron chi connectivity index (χ2n) is 4.44. The van der Waals surface area contributed by atoms with E-state index in [-0.39, 0.29) is 0 Å². The highest BCUT2D eigenvalue weighted by Gasteiger charge is 2.27. The molecular weight excluding hydrogens is 226 g/mol. The van der Waals surface area contributed by atoms with Gasteiger partial charge in [0.05, 0.1) is 0 Å². The van der Waals surface area contributed by atoms with Crippen molar-refractivity contribution in [2.24, 2.45) is 0 Å². The van der Waals surface area contributed by atoms with Gasteiger partial charge < -0.3 is 5.32 Å². The Bertz CT molecular complexity index is 297. The second-order valence-corrected chi connectivity index (χ2v) is 6.58. The second kappa shape index (κ2) is 5.95. The van der Waals surface area contributed by atoms with Gasteiger partial charge >= 0.3 is 0 Å². The number of rotatable bonds is 6. The minimum Gasteiger partial charge on any atom is -0.313 e. The van der Waals surface area contributed by atoms with Gasteiger partial charge in [0, 0.05) is 33.2 Å². The smallest absolute Gasteiger partial charge is 0.281 e. The fourth-order valence-corrected chi connectivity index (χ4v) is 3.18. The van der Waals surface area contributed by atoms with Gasteiger partial charge in [-0.25, -0.2) is 0 Å². The maximum atomic E-state index is 12.0. The minimum absolute atomic E-state index is 0.321. The summed E-state index contributed by atoms with van der Waals surface area (Å²) in [6.45, 7) is 4.19. The van der Waals surface area contributed by atoms with Gasteiger partial charge in [0.1, 0.15) is 0 Å². The first-order valence-corrected chi connectivity index (χ1v) is 7.29. The zero-order chi connectivity index (χ0) is 12.2. The molecule has 1 fully saturated rings. The molecule has 1 heterocycles. The number of hydrogen-bond donors (Lipinski definition) is 1. The summed E-state index contributed by atoms with van der Waals surface area (Å²) in [6.07, 6.45) is 3.07. The average molecular weight is 249 g/mol. The van der Waals surface area contributed by atoms with E-state index >= 15 is 0 Å². The molecule has 16 heavy (non-hydrogen) atoms. The van der Waals surface area contributed by atoms with Crippen molar-refractivity contribution >= 4 is 10.2 Å². The van der Waals surface area contributed by atoms with Crippen LogP contribution in [0.3, 0.4) is 0 Å². The summed E-state index contributed by atoms with van der Waals surface area (Å²) in [4.78, 5) is 0. The molecule has 0 saturated carbocycles. The molecule has 1 aliphatic rings. The minimum atomic E-state index is -3.26. The molecule has 0 aromatic heterocycles. The van der Waals surface area contributed by atoms with Gasteiger partial charge in [-0.2, -0.15) is 17.0 Å². The SMILES string of the molecule is CCCN(CC1CCCN1)S(=O)(=O)N(C)C. The molecule has 6 heteroatoms. The highest BCUT2D eigenvalue weighted by Crippen LogP contribution is 2.12. The molecule has 0 spiro atoms. The number of hydrogen-bond acceptors (Lipinski definition) is 3. The van der Waals surface area contributed by atoms with E-state index in [0.29, 0.717) is 19.1 Å². The zero-order valence-corrected chi connectivity index (χ0v) is 11.3. The molecule has 0 bridgehead atoms. The van der Waals surface area contributed by atoms with Crippen LogP contribution in [-0.4, -0.2) is 56.8 Å². The summed E-state index contributed by atoms with van der Waals surface area (Å²) in [5.41, 5.74) is 0. The molecule has 0 radical (unpaired) electrons. The normalized spacial score (nSPS) is 22.2. The average Bonchev–Trinajstić information content (AvgIpc) is 2.69. The Kier molecular flexibility index (Phi) is 5.17. The van der Waals surface area contributed by atoms with Crippen molar-refractivity contribution in [1.29, 1.82) is 0 Å². The van der Waals surface area contributed by atoms with Gasteiger partial charge in [-0.05, 0) is 25.8 Å². The lowest BCUT2D eigenvalue weighted by Gasteiger charge is -2.27. The summed E-state index contributed by atoms with van der Waals surface area (Å²) in [5.74, 6) is 0. The lowest BCUT2D eigenvalue weighted by atomic mass is 10.2. The first-order valence-electron chi connectivity index (χ1n) is 5.89. The van der Waals surface area contributed by atoms with Crippen LogP contribution >= 0.6 is 0 Å². The highest BCUT2D eigenvalue weighted by molar-refractivity contribution is 7.86. The van der Waals surface area contributed by atoms with Crippen LogP contribution in [0.4, 0.5) is 0 Å². The van der Waals surface area contributed by atoms with Gasteiger partial charge in [-0.15, -0.1) is 0 Å². The number of nitrogens with one attached hydrogen (secondary N) is 1. The largest absolute Gasteiger partial charge is 0.313 e. The van der Waals surface area contributed by atoms with Crippen LogP contribution in [0, 0.1) is 0 Å². The van der Waals surface area contributed by atoms with E-state index in [0.717, 1.165) is 25.8 Å². The quantitative estimate of drug-likeness (QED) is 0.734. The van der Waals surface area contributed by atoms with Crippen LogP contribution < -0.4 is 5.32 Å². The van der Waals surface area contributed by atoms with E-state index < -0.39 is 10.2 Å². The molecule has 1 unspecified atom stereocenters. The molecular formula is C10H23N3O2S. The fraction of sp³-hybridized carbons (Fsp3) is 1.00. The molecule has 1 rings (SSSR count). The third kappa shape index (κ3) is 3.41. The molecule has 96 valence electrons.